The van der Waals surface area contributed by atoms with E-state index in [0.29, 0.717) is 11.6 Å². The molecule has 3 heteroatoms. The number of hydrogen-bond donors (Lipinski definition) is 2. The van der Waals surface area contributed by atoms with Gasteiger partial charge in [0.1, 0.15) is 0 Å². The van der Waals surface area contributed by atoms with Crippen LogP contribution in [0.2, 0.25) is 0 Å². The molecule has 1 aliphatic rings. The summed E-state index contributed by atoms with van der Waals surface area (Å²) in [7, 11) is 0. The third-order valence-corrected chi connectivity index (χ3v) is 3.00. The molecule has 3 nitrogen and oxygen atoms in total. The van der Waals surface area contributed by atoms with Crippen molar-refractivity contribution in [3.63, 3.8) is 0 Å². The van der Waals surface area contributed by atoms with Gasteiger partial charge >= 0.3 is 0 Å². The minimum absolute atomic E-state index is 0.686. The summed E-state index contributed by atoms with van der Waals surface area (Å²) in [5.41, 5.74) is 1.81. The normalized spacial score (nSPS) is 19.3. The molecule has 1 saturated heterocycles. The molecule has 1 fully saturated rings. The quantitative estimate of drug-likeness (QED) is 0.808. The standard InChI is InChI=1S/C13H17N3/c14-10-11-3-5-13(6-4-11)16-9-7-12-2-1-8-15-12/h3-6,12,15-16H,1-2,7-9H2/t12-/m0/s1. The Hall–Kier alpha value is -1.53. The molecule has 1 aromatic carbocycles. The van der Waals surface area contributed by atoms with Gasteiger partial charge in [0.25, 0.3) is 0 Å². The highest BCUT2D eigenvalue weighted by atomic mass is 14.9. The first kappa shape index (κ1) is 11.0. The lowest BCUT2D eigenvalue weighted by molar-refractivity contribution is 0.574. The van der Waals surface area contributed by atoms with Crippen LogP contribution in [0.4, 0.5) is 5.69 Å². The minimum atomic E-state index is 0.686. The summed E-state index contributed by atoms with van der Waals surface area (Å²) in [6.07, 6.45) is 3.77. The second-order valence-electron chi connectivity index (χ2n) is 4.20. The summed E-state index contributed by atoms with van der Waals surface area (Å²) in [6.45, 7) is 2.16. The van der Waals surface area contributed by atoms with E-state index in [2.05, 4.69) is 16.7 Å². The Balaban J connectivity index is 1.74. The van der Waals surface area contributed by atoms with Crippen molar-refractivity contribution in [3.05, 3.63) is 29.8 Å². The number of benzene rings is 1. The molecule has 1 aliphatic heterocycles. The molecule has 1 aromatic rings. The van der Waals surface area contributed by atoms with E-state index in [4.69, 9.17) is 5.26 Å². The van der Waals surface area contributed by atoms with E-state index in [0.717, 1.165) is 12.2 Å². The van der Waals surface area contributed by atoms with Crippen molar-refractivity contribution in [2.24, 2.45) is 0 Å². The average Bonchev–Trinajstić information content (AvgIpc) is 2.83. The molecule has 0 radical (unpaired) electrons. The number of anilines is 1. The maximum Gasteiger partial charge on any atom is 0.0991 e. The summed E-state index contributed by atoms with van der Waals surface area (Å²) in [6, 6.07) is 10.4. The molecule has 1 atom stereocenters. The third-order valence-electron chi connectivity index (χ3n) is 3.00. The van der Waals surface area contributed by atoms with Crippen LogP contribution in [0.3, 0.4) is 0 Å². The lowest BCUT2D eigenvalue weighted by Gasteiger charge is -2.11. The predicted octanol–water partition coefficient (Wildman–Crippen LogP) is 2.11. The van der Waals surface area contributed by atoms with E-state index in [9.17, 15) is 0 Å². The van der Waals surface area contributed by atoms with Crippen LogP contribution in [0.5, 0.6) is 0 Å². The Morgan fingerprint density at radius 3 is 2.81 bits per heavy atom. The number of hydrogen-bond acceptors (Lipinski definition) is 3. The van der Waals surface area contributed by atoms with Crippen molar-refractivity contribution in [1.82, 2.24) is 5.32 Å². The Kier molecular flexibility index (Phi) is 3.79. The van der Waals surface area contributed by atoms with Crippen molar-refractivity contribution in [1.29, 1.82) is 5.26 Å². The Morgan fingerprint density at radius 1 is 1.38 bits per heavy atom. The average molecular weight is 215 g/mol. The SMILES string of the molecule is N#Cc1ccc(NCC[C@@H]2CCCN2)cc1. The zero-order chi connectivity index (χ0) is 11.2. The molecule has 2 rings (SSSR count). The zero-order valence-electron chi connectivity index (χ0n) is 9.37. The Bertz CT molecular complexity index is 358. The van der Waals surface area contributed by atoms with Gasteiger partial charge in [0.05, 0.1) is 11.6 Å². The summed E-state index contributed by atoms with van der Waals surface area (Å²) in [4.78, 5) is 0. The number of nitrogens with one attached hydrogen (secondary N) is 2. The van der Waals surface area contributed by atoms with Crippen LogP contribution in [0.25, 0.3) is 0 Å². The smallest absolute Gasteiger partial charge is 0.0991 e. The fourth-order valence-corrected chi connectivity index (χ4v) is 2.06. The molecule has 0 saturated carbocycles. The maximum absolute atomic E-state index is 8.67. The molecule has 0 spiro atoms. The zero-order valence-corrected chi connectivity index (χ0v) is 9.37. The Morgan fingerprint density at radius 2 is 2.19 bits per heavy atom. The van der Waals surface area contributed by atoms with Crippen LogP contribution < -0.4 is 10.6 Å². The molecule has 2 N–H and O–H groups in total. The van der Waals surface area contributed by atoms with E-state index < -0.39 is 0 Å². The van der Waals surface area contributed by atoms with Crippen molar-refractivity contribution < 1.29 is 0 Å². The second kappa shape index (κ2) is 5.53. The van der Waals surface area contributed by atoms with Crippen molar-refractivity contribution >= 4 is 5.69 Å². The lowest BCUT2D eigenvalue weighted by Crippen LogP contribution is -2.24. The molecule has 0 bridgehead atoms. The third kappa shape index (κ3) is 2.98. The largest absolute Gasteiger partial charge is 0.385 e. The Labute approximate surface area is 96.5 Å². The van der Waals surface area contributed by atoms with E-state index in [1.807, 2.05) is 24.3 Å². The second-order valence-corrected chi connectivity index (χ2v) is 4.20. The lowest BCUT2D eigenvalue weighted by atomic mass is 10.1. The highest BCUT2D eigenvalue weighted by molar-refractivity contribution is 5.47. The van der Waals surface area contributed by atoms with Gasteiger partial charge in [-0.2, -0.15) is 5.26 Å². The first-order chi connectivity index (χ1) is 7.88. The van der Waals surface area contributed by atoms with Gasteiger partial charge in [0, 0.05) is 18.3 Å². The van der Waals surface area contributed by atoms with E-state index in [1.54, 1.807) is 0 Å². The van der Waals surface area contributed by atoms with Gasteiger partial charge in [-0.3, -0.25) is 0 Å². The first-order valence-corrected chi connectivity index (χ1v) is 5.86. The number of rotatable bonds is 4. The summed E-state index contributed by atoms with van der Waals surface area (Å²) >= 11 is 0. The van der Waals surface area contributed by atoms with Crippen molar-refractivity contribution in [2.75, 3.05) is 18.4 Å². The van der Waals surface area contributed by atoms with Crippen LogP contribution in [0, 0.1) is 11.3 Å². The molecule has 16 heavy (non-hydrogen) atoms. The van der Waals surface area contributed by atoms with Gasteiger partial charge in [-0.1, -0.05) is 0 Å². The monoisotopic (exact) mass is 215 g/mol. The van der Waals surface area contributed by atoms with Gasteiger partial charge in [-0.15, -0.1) is 0 Å². The van der Waals surface area contributed by atoms with E-state index >= 15 is 0 Å². The van der Waals surface area contributed by atoms with Crippen molar-refractivity contribution in [2.45, 2.75) is 25.3 Å². The molecule has 0 aliphatic carbocycles. The molecular formula is C13H17N3. The molecule has 0 aromatic heterocycles. The van der Waals surface area contributed by atoms with Crippen LogP contribution in [0.15, 0.2) is 24.3 Å². The van der Waals surface area contributed by atoms with Gasteiger partial charge in [0.2, 0.25) is 0 Å². The van der Waals surface area contributed by atoms with Gasteiger partial charge < -0.3 is 10.6 Å². The van der Waals surface area contributed by atoms with Crippen LogP contribution in [0.1, 0.15) is 24.8 Å². The molecule has 1 heterocycles. The van der Waals surface area contributed by atoms with Crippen LogP contribution in [-0.2, 0) is 0 Å². The van der Waals surface area contributed by atoms with Crippen LogP contribution in [-0.4, -0.2) is 19.1 Å². The highest BCUT2D eigenvalue weighted by Gasteiger charge is 2.12. The van der Waals surface area contributed by atoms with Crippen LogP contribution >= 0.6 is 0 Å². The summed E-state index contributed by atoms with van der Waals surface area (Å²) in [5, 5.41) is 15.5. The van der Waals surface area contributed by atoms with Gasteiger partial charge in [-0.25, -0.2) is 0 Å². The highest BCUT2D eigenvalue weighted by Crippen LogP contribution is 2.11. The first-order valence-electron chi connectivity index (χ1n) is 5.86. The molecule has 0 unspecified atom stereocenters. The molecule has 0 amide bonds. The fraction of sp³-hybridized carbons (Fsp3) is 0.462. The predicted molar refractivity (Wildman–Crippen MR) is 65.3 cm³/mol. The topological polar surface area (TPSA) is 47.9 Å². The van der Waals surface area contributed by atoms with E-state index in [-0.39, 0.29) is 0 Å². The summed E-state index contributed by atoms with van der Waals surface area (Å²) in [5.74, 6) is 0. The number of nitrogens with zero attached hydrogens (tertiary/aromatic N) is 1. The maximum atomic E-state index is 8.67. The number of nitriles is 1. The summed E-state index contributed by atoms with van der Waals surface area (Å²) < 4.78 is 0. The van der Waals surface area contributed by atoms with Gasteiger partial charge in [-0.05, 0) is 50.1 Å². The fourth-order valence-electron chi connectivity index (χ4n) is 2.06. The van der Waals surface area contributed by atoms with Crippen molar-refractivity contribution in [3.8, 4) is 6.07 Å². The van der Waals surface area contributed by atoms with Gasteiger partial charge in [0.15, 0.2) is 0 Å². The molecular weight excluding hydrogens is 198 g/mol. The van der Waals surface area contributed by atoms with E-state index in [1.165, 1.54) is 25.8 Å². The minimum Gasteiger partial charge on any atom is -0.385 e. The molecule has 84 valence electrons.